The number of fused-ring (bicyclic) bond motifs is 1. The second-order valence-electron chi connectivity index (χ2n) is 6.95. The molecular formula is C20H25N5S. The van der Waals surface area contributed by atoms with Crippen LogP contribution < -0.4 is 10.6 Å². The van der Waals surface area contributed by atoms with Crippen LogP contribution in [0, 0.1) is 0 Å². The maximum atomic E-state index is 5.81. The van der Waals surface area contributed by atoms with E-state index in [2.05, 4.69) is 75.3 Å². The summed E-state index contributed by atoms with van der Waals surface area (Å²) in [5.41, 5.74) is 9.44. The first kappa shape index (κ1) is 17.3. The lowest BCUT2D eigenvalue weighted by atomic mass is 10.2. The summed E-state index contributed by atoms with van der Waals surface area (Å²) >= 11 is 1.56. The lowest BCUT2D eigenvalue weighted by Gasteiger charge is -2.37. The van der Waals surface area contributed by atoms with Gasteiger partial charge in [0.1, 0.15) is 0 Å². The Morgan fingerprint density at radius 3 is 2.62 bits per heavy atom. The first-order valence-corrected chi connectivity index (χ1v) is 9.85. The fraction of sp³-hybridized carbons (Fsp3) is 0.350. The molecule has 2 aromatic carbocycles. The van der Waals surface area contributed by atoms with E-state index in [1.54, 1.807) is 11.3 Å². The van der Waals surface area contributed by atoms with E-state index in [1.165, 1.54) is 16.0 Å². The molecular weight excluding hydrogens is 342 g/mol. The number of nitrogen functional groups attached to an aromatic ring is 1. The molecule has 1 aliphatic heterocycles. The zero-order valence-corrected chi connectivity index (χ0v) is 16.0. The summed E-state index contributed by atoms with van der Waals surface area (Å²) in [4.78, 5) is 11.7. The largest absolute Gasteiger partial charge is 0.375 e. The van der Waals surface area contributed by atoms with Gasteiger partial charge in [-0.2, -0.15) is 0 Å². The van der Waals surface area contributed by atoms with Crippen LogP contribution in [0.5, 0.6) is 0 Å². The first-order chi connectivity index (χ1) is 12.7. The van der Waals surface area contributed by atoms with E-state index in [4.69, 9.17) is 5.73 Å². The highest BCUT2D eigenvalue weighted by Gasteiger charge is 2.18. The molecule has 0 unspecified atom stereocenters. The maximum Gasteiger partial charge on any atom is 0.181 e. The molecule has 0 atom stereocenters. The second-order valence-corrected chi connectivity index (χ2v) is 8.01. The average molecular weight is 368 g/mol. The van der Waals surface area contributed by atoms with E-state index in [0.29, 0.717) is 5.13 Å². The molecule has 0 radical (unpaired) electrons. The average Bonchev–Trinajstić information content (AvgIpc) is 3.02. The van der Waals surface area contributed by atoms with Gasteiger partial charge in [0.05, 0.1) is 16.9 Å². The number of rotatable bonds is 5. The molecule has 2 N–H and O–H groups in total. The number of nitrogens with zero attached hydrogens (tertiary/aromatic N) is 4. The molecule has 1 aromatic heterocycles. The molecule has 6 heteroatoms. The van der Waals surface area contributed by atoms with Gasteiger partial charge in [-0.05, 0) is 36.9 Å². The minimum atomic E-state index is 0.641. The van der Waals surface area contributed by atoms with Crippen molar-refractivity contribution in [3.8, 4) is 0 Å². The third kappa shape index (κ3) is 3.98. The fourth-order valence-electron chi connectivity index (χ4n) is 3.57. The molecule has 26 heavy (non-hydrogen) atoms. The Hall–Kier alpha value is -2.15. The quantitative estimate of drug-likeness (QED) is 0.751. The van der Waals surface area contributed by atoms with E-state index in [0.717, 1.165) is 44.9 Å². The molecule has 0 bridgehead atoms. The Kier molecular flexibility index (Phi) is 5.06. The first-order valence-electron chi connectivity index (χ1n) is 9.03. The van der Waals surface area contributed by atoms with Crippen molar-refractivity contribution in [3.63, 3.8) is 0 Å². The van der Waals surface area contributed by atoms with Crippen molar-refractivity contribution in [3.05, 3.63) is 54.1 Å². The van der Waals surface area contributed by atoms with Crippen LogP contribution in [-0.4, -0.2) is 54.7 Å². The summed E-state index contributed by atoms with van der Waals surface area (Å²) in [7, 11) is 2.19. The van der Waals surface area contributed by atoms with Gasteiger partial charge in [0.15, 0.2) is 5.13 Å². The van der Waals surface area contributed by atoms with Crippen molar-refractivity contribution in [1.82, 2.24) is 14.8 Å². The van der Waals surface area contributed by atoms with E-state index in [1.807, 2.05) is 0 Å². The summed E-state index contributed by atoms with van der Waals surface area (Å²) in [5.74, 6) is 0. The van der Waals surface area contributed by atoms with Crippen molar-refractivity contribution in [2.45, 2.75) is 6.54 Å². The van der Waals surface area contributed by atoms with Crippen LogP contribution in [0.4, 0.5) is 10.8 Å². The van der Waals surface area contributed by atoms with Gasteiger partial charge in [-0.3, -0.25) is 9.80 Å². The SMILES string of the molecule is CN(Cc1ccc2nc(N)sc2c1)CN1CCN(c2ccccc2)CC1. The second kappa shape index (κ2) is 7.61. The molecule has 1 saturated heterocycles. The summed E-state index contributed by atoms with van der Waals surface area (Å²) in [5, 5.41) is 0.641. The summed E-state index contributed by atoms with van der Waals surface area (Å²) in [6, 6.07) is 17.1. The molecule has 0 aliphatic carbocycles. The molecule has 0 saturated carbocycles. The molecule has 0 amide bonds. The van der Waals surface area contributed by atoms with E-state index in [9.17, 15) is 0 Å². The van der Waals surface area contributed by atoms with Crippen LogP contribution in [-0.2, 0) is 6.54 Å². The van der Waals surface area contributed by atoms with E-state index < -0.39 is 0 Å². The molecule has 1 aliphatic rings. The van der Waals surface area contributed by atoms with Crippen molar-refractivity contribution >= 4 is 32.4 Å². The standard InChI is InChI=1S/C20H25N5S/c1-23(14-16-7-8-18-19(13-16)26-20(21)22-18)15-24-9-11-25(12-10-24)17-5-3-2-4-6-17/h2-8,13H,9-12,14-15H2,1H3,(H2,21,22). The third-order valence-corrected chi connectivity index (χ3v) is 5.70. The van der Waals surface area contributed by atoms with Gasteiger partial charge in [-0.1, -0.05) is 35.6 Å². The Morgan fingerprint density at radius 2 is 1.85 bits per heavy atom. The number of anilines is 2. The van der Waals surface area contributed by atoms with Gasteiger partial charge in [0.2, 0.25) is 0 Å². The van der Waals surface area contributed by atoms with Crippen LogP contribution in [0.15, 0.2) is 48.5 Å². The number of thiazole rings is 1. The third-order valence-electron chi connectivity index (χ3n) is 4.86. The zero-order chi connectivity index (χ0) is 17.9. The summed E-state index contributed by atoms with van der Waals surface area (Å²) in [6.45, 7) is 6.30. The molecule has 1 fully saturated rings. The highest BCUT2D eigenvalue weighted by molar-refractivity contribution is 7.22. The Labute approximate surface area is 158 Å². The molecule has 5 nitrogen and oxygen atoms in total. The highest BCUT2D eigenvalue weighted by atomic mass is 32.1. The fourth-order valence-corrected chi connectivity index (χ4v) is 4.37. The van der Waals surface area contributed by atoms with Gasteiger partial charge in [0, 0.05) is 38.4 Å². The number of benzene rings is 2. The van der Waals surface area contributed by atoms with Crippen LogP contribution in [0.2, 0.25) is 0 Å². The van der Waals surface area contributed by atoms with Crippen LogP contribution in [0.25, 0.3) is 10.2 Å². The van der Waals surface area contributed by atoms with Crippen molar-refractivity contribution in [2.75, 3.05) is 50.5 Å². The van der Waals surface area contributed by atoms with Gasteiger partial charge in [0.25, 0.3) is 0 Å². The minimum absolute atomic E-state index is 0.641. The number of nitrogens with two attached hydrogens (primary N) is 1. The normalized spacial score (nSPS) is 15.8. The maximum absolute atomic E-state index is 5.81. The minimum Gasteiger partial charge on any atom is -0.375 e. The van der Waals surface area contributed by atoms with Crippen molar-refractivity contribution < 1.29 is 0 Å². The number of para-hydroxylation sites is 1. The topological polar surface area (TPSA) is 48.6 Å². The highest BCUT2D eigenvalue weighted by Crippen LogP contribution is 2.25. The smallest absolute Gasteiger partial charge is 0.181 e. The van der Waals surface area contributed by atoms with Crippen molar-refractivity contribution in [2.24, 2.45) is 0 Å². The lowest BCUT2D eigenvalue weighted by Crippen LogP contribution is -2.49. The molecule has 3 aromatic rings. The van der Waals surface area contributed by atoms with Gasteiger partial charge in [-0.15, -0.1) is 0 Å². The lowest BCUT2D eigenvalue weighted by molar-refractivity contribution is 0.142. The number of aromatic nitrogens is 1. The monoisotopic (exact) mass is 367 g/mol. The Bertz CT molecular complexity index is 855. The van der Waals surface area contributed by atoms with E-state index in [-0.39, 0.29) is 0 Å². The molecule has 2 heterocycles. The number of piperazine rings is 1. The number of hydrogen-bond donors (Lipinski definition) is 1. The van der Waals surface area contributed by atoms with E-state index >= 15 is 0 Å². The van der Waals surface area contributed by atoms with Crippen LogP contribution >= 0.6 is 11.3 Å². The van der Waals surface area contributed by atoms with Crippen molar-refractivity contribution in [1.29, 1.82) is 0 Å². The summed E-state index contributed by atoms with van der Waals surface area (Å²) in [6.07, 6.45) is 0. The predicted octanol–water partition coefficient (Wildman–Crippen LogP) is 3.09. The predicted molar refractivity (Wildman–Crippen MR) is 111 cm³/mol. The molecule has 136 valence electrons. The zero-order valence-electron chi connectivity index (χ0n) is 15.1. The summed E-state index contributed by atoms with van der Waals surface area (Å²) < 4.78 is 1.17. The molecule has 0 spiro atoms. The van der Waals surface area contributed by atoms with Gasteiger partial charge < -0.3 is 10.6 Å². The number of hydrogen-bond acceptors (Lipinski definition) is 6. The van der Waals surface area contributed by atoms with Gasteiger partial charge in [-0.25, -0.2) is 4.98 Å². The molecule has 4 rings (SSSR count). The Morgan fingerprint density at radius 1 is 1.08 bits per heavy atom. The Balaban J connectivity index is 1.30. The van der Waals surface area contributed by atoms with Crippen LogP contribution in [0.3, 0.4) is 0 Å². The van der Waals surface area contributed by atoms with Gasteiger partial charge >= 0.3 is 0 Å². The van der Waals surface area contributed by atoms with Crippen LogP contribution in [0.1, 0.15) is 5.56 Å².